The summed E-state index contributed by atoms with van der Waals surface area (Å²) >= 11 is 7.21. The van der Waals surface area contributed by atoms with Crippen molar-refractivity contribution in [1.29, 1.82) is 0 Å². The van der Waals surface area contributed by atoms with Gasteiger partial charge in [-0.15, -0.1) is 10.2 Å². The molecule has 0 bridgehead atoms. The van der Waals surface area contributed by atoms with Crippen LogP contribution in [-0.2, 0) is 17.8 Å². The van der Waals surface area contributed by atoms with E-state index in [1.807, 2.05) is 52.9 Å². The normalized spacial score (nSPS) is 11.3. The van der Waals surface area contributed by atoms with Gasteiger partial charge in [-0.05, 0) is 42.7 Å². The van der Waals surface area contributed by atoms with Crippen LogP contribution in [0.2, 0.25) is 5.02 Å². The van der Waals surface area contributed by atoms with Crippen LogP contribution in [0.1, 0.15) is 25.3 Å². The lowest BCUT2D eigenvalue weighted by molar-refractivity contribution is -0.118. The molecule has 0 aliphatic carbocycles. The van der Waals surface area contributed by atoms with Gasteiger partial charge in [-0.1, -0.05) is 61.0 Å². The summed E-state index contributed by atoms with van der Waals surface area (Å²) in [5, 5.41) is 13.4. The minimum atomic E-state index is -0.0793. The number of carbonyl (C=O) groups excluding carboxylic acids is 1. The summed E-state index contributed by atoms with van der Waals surface area (Å²) in [5.41, 5.74) is 1.80. The predicted octanol–water partition coefficient (Wildman–Crippen LogP) is 3.95. The first kappa shape index (κ1) is 22.4. The Bertz CT molecular complexity index is 1300. The number of unbranched alkanes of at least 4 members (excludes halogenated alkanes) is 1. The van der Waals surface area contributed by atoms with Crippen molar-refractivity contribution >= 4 is 46.0 Å². The maximum atomic E-state index is 13.0. The van der Waals surface area contributed by atoms with Gasteiger partial charge in [0.15, 0.2) is 5.16 Å². The highest BCUT2D eigenvalue weighted by Crippen LogP contribution is 2.21. The third-order valence-electron chi connectivity index (χ3n) is 5.19. The molecule has 9 heteroatoms. The van der Waals surface area contributed by atoms with Gasteiger partial charge in [0.25, 0.3) is 5.56 Å². The van der Waals surface area contributed by atoms with Crippen molar-refractivity contribution in [2.45, 2.75) is 37.9 Å². The second-order valence-electron chi connectivity index (χ2n) is 7.46. The van der Waals surface area contributed by atoms with Gasteiger partial charge in [0.1, 0.15) is 0 Å². The van der Waals surface area contributed by atoms with E-state index in [1.54, 1.807) is 4.57 Å². The van der Waals surface area contributed by atoms with Crippen LogP contribution in [-0.4, -0.2) is 37.4 Å². The highest BCUT2D eigenvalue weighted by atomic mass is 35.5. The fraction of sp³-hybridized carbons (Fsp3) is 0.304. The van der Waals surface area contributed by atoms with Crippen LogP contribution in [0.15, 0.2) is 58.5 Å². The number of fused-ring (bicyclic) bond motifs is 3. The van der Waals surface area contributed by atoms with Crippen molar-refractivity contribution in [1.82, 2.24) is 24.5 Å². The molecule has 4 aromatic rings. The number of aryl methyl sites for hydroxylation is 1. The molecular weight excluding hydrogens is 446 g/mol. The topological polar surface area (TPSA) is 81.3 Å². The van der Waals surface area contributed by atoms with E-state index in [1.165, 1.54) is 11.8 Å². The molecule has 0 spiro atoms. The molecular formula is C23H24ClN5O2S. The Morgan fingerprint density at radius 3 is 2.69 bits per heavy atom. The first-order valence-electron chi connectivity index (χ1n) is 10.6. The number of thioether (sulfide) groups is 1. The monoisotopic (exact) mass is 469 g/mol. The molecule has 0 saturated carbocycles. The highest BCUT2D eigenvalue weighted by Gasteiger charge is 2.17. The van der Waals surface area contributed by atoms with Gasteiger partial charge in [-0.25, -0.2) is 0 Å². The number of amides is 1. The third kappa shape index (κ3) is 4.81. The molecule has 1 N–H and O–H groups in total. The van der Waals surface area contributed by atoms with Crippen molar-refractivity contribution in [3.05, 3.63) is 69.5 Å². The second kappa shape index (κ2) is 10.2. The summed E-state index contributed by atoms with van der Waals surface area (Å²) in [4.78, 5) is 25.4. The summed E-state index contributed by atoms with van der Waals surface area (Å²) in [5.74, 6) is 0.640. The molecule has 0 radical (unpaired) electrons. The van der Waals surface area contributed by atoms with Gasteiger partial charge in [0, 0.05) is 18.1 Å². The standard InChI is InChI=1S/C23H24ClN5O2S/c1-2-3-14-28-21(31)18-6-4-5-7-19(18)29-22(28)26-27-23(29)32-15-20(30)25-13-12-16-8-10-17(24)11-9-16/h4-11H,2-3,12-15H2,1H3,(H,25,30). The average molecular weight is 470 g/mol. The number of para-hydroxylation sites is 1. The van der Waals surface area contributed by atoms with E-state index >= 15 is 0 Å². The zero-order valence-corrected chi connectivity index (χ0v) is 19.3. The number of rotatable bonds is 9. The van der Waals surface area contributed by atoms with Crippen molar-refractivity contribution < 1.29 is 4.79 Å². The number of nitrogens with zero attached hydrogens (tertiary/aromatic N) is 4. The Hall–Kier alpha value is -2.84. The van der Waals surface area contributed by atoms with Gasteiger partial charge in [-0.2, -0.15) is 0 Å². The van der Waals surface area contributed by atoms with Crippen LogP contribution in [0.25, 0.3) is 16.7 Å². The Kier molecular flexibility index (Phi) is 7.12. The van der Waals surface area contributed by atoms with Gasteiger partial charge in [0.05, 0.1) is 16.7 Å². The van der Waals surface area contributed by atoms with Crippen LogP contribution in [0.5, 0.6) is 0 Å². The molecule has 0 aliphatic rings. The average Bonchev–Trinajstić information content (AvgIpc) is 3.23. The lowest BCUT2D eigenvalue weighted by Crippen LogP contribution is -2.27. The van der Waals surface area contributed by atoms with Crippen LogP contribution >= 0.6 is 23.4 Å². The molecule has 0 aliphatic heterocycles. The maximum Gasteiger partial charge on any atom is 0.262 e. The van der Waals surface area contributed by atoms with Crippen molar-refractivity contribution in [3.63, 3.8) is 0 Å². The van der Waals surface area contributed by atoms with Crippen molar-refractivity contribution in [2.24, 2.45) is 0 Å². The van der Waals surface area contributed by atoms with Crippen LogP contribution in [0, 0.1) is 0 Å². The molecule has 0 fully saturated rings. The van der Waals surface area contributed by atoms with Gasteiger partial charge in [0.2, 0.25) is 11.7 Å². The Balaban J connectivity index is 1.49. The van der Waals surface area contributed by atoms with E-state index in [0.717, 1.165) is 30.3 Å². The van der Waals surface area contributed by atoms with Crippen LogP contribution in [0.3, 0.4) is 0 Å². The number of benzene rings is 2. The number of hydrogen-bond donors (Lipinski definition) is 1. The molecule has 2 heterocycles. The molecule has 2 aromatic carbocycles. The SMILES string of the molecule is CCCCn1c(=O)c2ccccc2n2c(SCC(=O)NCCc3ccc(Cl)cc3)nnc12. The van der Waals surface area contributed by atoms with E-state index in [9.17, 15) is 9.59 Å². The van der Waals surface area contributed by atoms with E-state index in [-0.39, 0.29) is 17.2 Å². The second-order valence-corrected chi connectivity index (χ2v) is 8.84. The van der Waals surface area contributed by atoms with Crippen molar-refractivity contribution in [3.8, 4) is 0 Å². The summed E-state index contributed by atoms with van der Waals surface area (Å²) < 4.78 is 3.55. The summed E-state index contributed by atoms with van der Waals surface area (Å²) in [6, 6.07) is 15.0. The molecule has 2 aromatic heterocycles. The first-order valence-corrected chi connectivity index (χ1v) is 12.0. The number of halogens is 1. The highest BCUT2D eigenvalue weighted by molar-refractivity contribution is 7.99. The molecule has 7 nitrogen and oxygen atoms in total. The maximum absolute atomic E-state index is 13.0. The number of nitrogens with one attached hydrogen (secondary N) is 1. The van der Waals surface area contributed by atoms with Gasteiger partial charge in [-0.3, -0.25) is 18.6 Å². The van der Waals surface area contributed by atoms with Crippen molar-refractivity contribution in [2.75, 3.05) is 12.3 Å². The zero-order chi connectivity index (χ0) is 22.5. The molecule has 166 valence electrons. The lowest BCUT2D eigenvalue weighted by Gasteiger charge is -2.11. The molecule has 0 saturated heterocycles. The smallest absolute Gasteiger partial charge is 0.262 e. The van der Waals surface area contributed by atoms with Crippen LogP contribution < -0.4 is 10.9 Å². The molecule has 0 atom stereocenters. The number of carbonyl (C=O) groups is 1. The zero-order valence-electron chi connectivity index (χ0n) is 17.8. The Morgan fingerprint density at radius 2 is 1.91 bits per heavy atom. The number of hydrogen-bond acceptors (Lipinski definition) is 5. The van der Waals surface area contributed by atoms with E-state index in [0.29, 0.717) is 34.4 Å². The summed E-state index contributed by atoms with van der Waals surface area (Å²) in [6.07, 6.45) is 2.58. The molecule has 32 heavy (non-hydrogen) atoms. The molecule has 0 unspecified atom stereocenters. The van der Waals surface area contributed by atoms with Gasteiger partial charge >= 0.3 is 0 Å². The largest absolute Gasteiger partial charge is 0.355 e. The van der Waals surface area contributed by atoms with E-state index in [2.05, 4.69) is 22.4 Å². The lowest BCUT2D eigenvalue weighted by atomic mass is 10.1. The predicted molar refractivity (Wildman–Crippen MR) is 129 cm³/mol. The minimum absolute atomic E-state index is 0.0644. The third-order valence-corrected chi connectivity index (χ3v) is 6.38. The fourth-order valence-corrected chi connectivity index (χ4v) is 4.42. The Morgan fingerprint density at radius 1 is 1.12 bits per heavy atom. The van der Waals surface area contributed by atoms with Gasteiger partial charge < -0.3 is 5.32 Å². The fourth-order valence-electron chi connectivity index (χ4n) is 3.52. The van der Waals surface area contributed by atoms with E-state index in [4.69, 9.17) is 11.6 Å². The molecule has 4 rings (SSSR count). The van der Waals surface area contributed by atoms with Crippen LogP contribution in [0.4, 0.5) is 0 Å². The first-order chi connectivity index (χ1) is 15.6. The van der Waals surface area contributed by atoms with E-state index < -0.39 is 0 Å². The number of aromatic nitrogens is 4. The Labute approximate surface area is 194 Å². The molecule has 1 amide bonds. The minimum Gasteiger partial charge on any atom is -0.355 e. The quantitative estimate of drug-likeness (QED) is 0.375. The summed E-state index contributed by atoms with van der Waals surface area (Å²) in [6.45, 7) is 3.21. The summed E-state index contributed by atoms with van der Waals surface area (Å²) in [7, 11) is 0.